The summed E-state index contributed by atoms with van der Waals surface area (Å²) in [4.78, 5) is 66.1. The molecule has 0 aromatic heterocycles. The fourth-order valence-corrected chi connectivity index (χ4v) is 6.01. The molecule has 5 amide bonds. The van der Waals surface area contributed by atoms with Crippen LogP contribution in [0.5, 0.6) is 0 Å². The summed E-state index contributed by atoms with van der Waals surface area (Å²) in [6, 6.07) is -1.63. The molecule has 0 aromatic carbocycles. The second-order valence-electron chi connectivity index (χ2n) is 10.9. The number of nitrogens with zero attached hydrogens (tertiary/aromatic N) is 2. The van der Waals surface area contributed by atoms with E-state index in [9.17, 15) is 28.4 Å². The molecule has 10 nitrogen and oxygen atoms in total. The monoisotopic (exact) mass is 541 g/mol. The number of likely N-dealkylation sites (tertiary alicyclic amines) is 1. The summed E-state index contributed by atoms with van der Waals surface area (Å²) < 4.78 is 13.8. The van der Waals surface area contributed by atoms with Crippen LogP contribution in [0.4, 0.5) is 4.39 Å². The van der Waals surface area contributed by atoms with Gasteiger partial charge >= 0.3 is 0 Å². The lowest BCUT2D eigenvalue weighted by atomic mass is 9.93. The Labute approximate surface area is 221 Å². The number of hydrogen-bond acceptors (Lipinski definition) is 5. The van der Waals surface area contributed by atoms with E-state index >= 15 is 0 Å². The average Bonchev–Trinajstić information content (AvgIpc) is 3.33. The first-order valence-corrected chi connectivity index (χ1v) is 13.8. The summed E-state index contributed by atoms with van der Waals surface area (Å²) >= 11 is 5.41. The molecule has 37 heavy (non-hydrogen) atoms. The second kappa shape index (κ2) is 11.5. The van der Waals surface area contributed by atoms with Crippen LogP contribution in [0.25, 0.3) is 0 Å². The van der Waals surface area contributed by atoms with Crippen LogP contribution < -0.4 is 16.1 Å². The van der Waals surface area contributed by atoms with E-state index in [0.29, 0.717) is 25.9 Å². The zero-order valence-corrected chi connectivity index (χ0v) is 22.1. The highest BCUT2D eigenvalue weighted by molar-refractivity contribution is 6.29. The van der Waals surface area contributed by atoms with Gasteiger partial charge in [0.25, 0.3) is 17.4 Å². The third-order valence-electron chi connectivity index (χ3n) is 8.43. The molecule has 12 heteroatoms. The molecule has 0 unspecified atom stereocenters. The van der Waals surface area contributed by atoms with Gasteiger partial charge in [-0.05, 0) is 49.9 Å². The van der Waals surface area contributed by atoms with Gasteiger partial charge in [-0.15, -0.1) is 0 Å². The van der Waals surface area contributed by atoms with Crippen molar-refractivity contribution in [2.24, 2.45) is 29.6 Å². The quantitative estimate of drug-likeness (QED) is 0.297. The predicted molar refractivity (Wildman–Crippen MR) is 132 cm³/mol. The van der Waals surface area contributed by atoms with Crippen molar-refractivity contribution in [2.75, 3.05) is 19.6 Å². The molecule has 0 aromatic rings. The lowest BCUT2D eigenvalue weighted by molar-refractivity contribution is -0.150. The van der Waals surface area contributed by atoms with Crippen molar-refractivity contribution in [3.63, 3.8) is 0 Å². The van der Waals surface area contributed by atoms with E-state index in [1.807, 2.05) is 13.8 Å². The SMILES string of the molecule is CC[C@H](C)[C@H](NC(=O)C1CC1)C(=O)N1C[C@@H]2CCC[C@@H]2[C@H]1C(=O)NN(C[C@@H]1CCNC1=O)C(=O)[C@H](F)Cl. The maximum Gasteiger partial charge on any atom is 0.291 e. The molecule has 3 N–H and O–H groups in total. The molecule has 4 fully saturated rings. The first-order chi connectivity index (χ1) is 17.6. The van der Waals surface area contributed by atoms with Gasteiger partial charge < -0.3 is 15.5 Å². The molecule has 2 heterocycles. The van der Waals surface area contributed by atoms with Gasteiger partial charge in [0, 0.05) is 19.0 Å². The fourth-order valence-electron chi connectivity index (χ4n) is 5.89. The summed E-state index contributed by atoms with van der Waals surface area (Å²) in [5.41, 5.74) is 0.104. The highest BCUT2D eigenvalue weighted by Gasteiger charge is 2.51. The third-order valence-corrected chi connectivity index (χ3v) is 8.62. The molecule has 2 saturated heterocycles. The van der Waals surface area contributed by atoms with Gasteiger partial charge in [0.05, 0.1) is 12.5 Å². The van der Waals surface area contributed by atoms with Crippen LogP contribution in [-0.4, -0.2) is 76.8 Å². The molecule has 2 aliphatic heterocycles. The Kier molecular flexibility index (Phi) is 8.60. The maximum atomic E-state index is 13.8. The number of fused-ring (bicyclic) bond motifs is 1. The van der Waals surface area contributed by atoms with E-state index < -0.39 is 35.4 Å². The summed E-state index contributed by atoms with van der Waals surface area (Å²) in [7, 11) is 0. The Balaban J connectivity index is 1.54. The molecule has 206 valence electrons. The Morgan fingerprint density at radius 3 is 2.49 bits per heavy atom. The lowest BCUT2D eigenvalue weighted by Crippen LogP contribution is -2.60. The summed E-state index contributed by atoms with van der Waals surface area (Å²) in [5.74, 6) is -3.29. The Morgan fingerprint density at radius 2 is 1.89 bits per heavy atom. The normalized spacial score (nSPS) is 29.2. The second-order valence-corrected chi connectivity index (χ2v) is 11.3. The zero-order valence-electron chi connectivity index (χ0n) is 21.4. The molecule has 0 radical (unpaired) electrons. The average molecular weight is 542 g/mol. The van der Waals surface area contributed by atoms with E-state index in [-0.39, 0.29) is 47.9 Å². The minimum Gasteiger partial charge on any atom is -0.356 e. The molecule has 4 aliphatic rings. The van der Waals surface area contributed by atoms with Crippen molar-refractivity contribution in [3.8, 4) is 0 Å². The maximum absolute atomic E-state index is 13.8. The molecular weight excluding hydrogens is 505 g/mol. The Bertz CT molecular complexity index is 931. The van der Waals surface area contributed by atoms with Crippen LogP contribution in [0.3, 0.4) is 0 Å². The Morgan fingerprint density at radius 1 is 1.16 bits per heavy atom. The zero-order chi connectivity index (χ0) is 26.9. The van der Waals surface area contributed by atoms with E-state index in [1.165, 1.54) is 4.90 Å². The van der Waals surface area contributed by atoms with Crippen molar-refractivity contribution in [1.82, 2.24) is 26.0 Å². The number of amides is 5. The first kappa shape index (κ1) is 27.6. The number of hydrazine groups is 1. The topological polar surface area (TPSA) is 128 Å². The minimum atomic E-state index is -2.39. The van der Waals surface area contributed by atoms with Crippen molar-refractivity contribution in [1.29, 1.82) is 0 Å². The van der Waals surface area contributed by atoms with Gasteiger partial charge in [-0.1, -0.05) is 38.3 Å². The summed E-state index contributed by atoms with van der Waals surface area (Å²) in [6.07, 6.45) is 5.27. The number of carbonyl (C=O) groups excluding carboxylic acids is 5. The molecule has 7 atom stereocenters. The first-order valence-electron chi connectivity index (χ1n) is 13.4. The number of hydrogen-bond donors (Lipinski definition) is 3. The van der Waals surface area contributed by atoms with Crippen molar-refractivity contribution >= 4 is 41.1 Å². The molecule has 0 bridgehead atoms. The van der Waals surface area contributed by atoms with Crippen LogP contribution in [0.2, 0.25) is 0 Å². The number of nitrogens with one attached hydrogen (secondary N) is 3. The van der Waals surface area contributed by atoms with Crippen molar-refractivity contribution in [2.45, 2.75) is 76.5 Å². The number of halogens is 2. The van der Waals surface area contributed by atoms with E-state index in [0.717, 1.165) is 37.1 Å². The largest absolute Gasteiger partial charge is 0.356 e. The number of rotatable bonds is 9. The van der Waals surface area contributed by atoms with Crippen molar-refractivity contribution < 1.29 is 28.4 Å². The van der Waals surface area contributed by atoms with Gasteiger partial charge in [-0.25, -0.2) is 9.40 Å². The fraction of sp³-hybridized carbons (Fsp3) is 0.800. The number of alkyl halides is 2. The minimum absolute atomic E-state index is 0.0621. The molecular formula is C25H37ClFN5O5. The van der Waals surface area contributed by atoms with Gasteiger partial charge in [0.15, 0.2) is 0 Å². The van der Waals surface area contributed by atoms with Gasteiger partial charge in [-0.2, -0.15) is 0 Å². The molecule has 2 aliphatic carbocycles. The van der Waals surface area contributed by atoms with Crippen LogP contribution in [0.1, 0.15) is 58.8 Å². The van der Waals surface area contributed by atoms with Crippen LogP contribution in [0.15, 0.2) is 0 Å². The van der Waals surface area contributed by atoms with Crippen LogP contribution in [-0.2, 0) is 24.0 Å². The molecule has 0 spiro atoms. The highest BCUT2D eigenvalue weighted by Crippen LogP contribution is 2.43. The highest BCUT2D eigenvalue weighted by atomic mass is 35.5. The van der Waals surface area contributed by atoms with Gasteiger partial charge in [0.2, 0.25) is 17.7 Å². The Hall–Kier alpha value is -2.43. The smallest absolute Gasteiger partial charge is 0.291 e. The van der Waals surface area contributed by atoms with E-state index in [1.54, 1.807) is 0 Å². The summed E-state index contributed by atoms with van der Waals surface area (Å²) in [6.45, 7) is 4.44. The van der Waals surface area contributed by atoms with Gasteiger partial charge in [0.1, 0.15) is 12.1 Å². The molecule has 2 saturated carbocycles. The van der Waals surface area contributed by atoms with Gasteiger partial charge in [-0.3, -0.25) is 29.4 Å². The predicted octanol–water partition coefficient (Wildman–Crippen LogP) is 1.08. The van der Waals surface area contributed by atoms with E-state index in [2.05, 4.69) is 16.1 Å². The van der Waals surface area contributed by atoms with Crippen LogP contribution >= 0.6 is 11.6 Å². The lowest BCUT2D eigenvalue weighted by Gasteiger charge is -2.34. The van der Waals surface area contributed by atoms with Crippen LogP contribution in [0, 0.1) is 29.6 Å². The van der Waals surface area contributed by atoms with Crippen molar-refractivity contribution in [3.05, 3.63) is 0 Å². The third kappa shape index (κ3) is 6.02. The standard InChI is InChI=1S/C25H37ClFN5O5/c1-3-13(2)18(29-22(34)14-7-8-14)24(36)31-11-15-5-4-6-17(15)19(31)23(35)30-32(25(37)20(26)27)12-16-9-10-28-21(16)33/h13-20H,3-12H2,1-2H3,(H,28,33)(H,29,34)(H,30,35)/t13-,15-,16-,17-,18-,19-,20-/m0/s1. The molecule has 4 rings (SSSR count). The van der Waals surface area contributed by atoms with E-state index in [4.69, 9.17) is 11.6 Å². The summed E-state index contributed by atoms with van der Waals surface area (Å²) in [5, 5.41) is 6.36. The number of carbonyl (C=O) groups is 5.